The lowest BCUT2D eigenvalue weighted by molar-refractivity contribution is -0.133. The van der Waals surface area contributed by atoms with E-state index in [1.165, 1.54) is 6.92 Å². The van der Waals surface area contributed by atoms with E-state index < -0.39 is 5.54 Å². The van der Waals surface area contributed by atoms with Gasteiger partial charge in [0.25, 0.3) is 0 Å². The first-order chi connectivity index (χ1) is 17.5. The number of aromatic nitrogens is 2. The molecule has 4 rings (SSSR count). The van der Waals surface area contributed by atoms with Gasteiger partial charge in [-0.2, -0.15) is 4.98 Å². The largest absolute Gasteiger partial charge is 0.497 e. The highest BCUT2D eigenvalue weighted by molar-refractivity contribution is 5.76. The van der Waals surface area contributed by atoms with Crippen LogP contribution >= 0.6 is 0 Å². The number of ether oxygens (including phenoxy) is 2. The molecule has 9 nitrogen and oxygen atoms in total. The van der Waals surface area contributed by atoms with E-state index in [1.807, 2.05) is 29.2 Å². The van der Waals surface area contributed by atoms with Gasteiger partial charge in [-0.1, -0.05) is 43.0 Å². The molecule has 9 heteroatoms. The predicted molar refractivity (Wildman–Crippen MR) is 133 cm³/mol. The van der Waals surface area contributed by atoms with Crippen LogP contribution in [0.1, 0.15) is 82.0 Å². The van der Waals surface area contributed by atoms with Gasteiger partial charge in [-0.05, 0) is 43.4 Å². The summed E-state index contributed by atoms with van der Waals surface area (Å²) in [5.41, 5.74) is 0.415. The Balaban J connectivity index is 1.43. The van der Waals surface area contributed by atoms with Gasteiger partial charge < -0.3 is 24.2 Å². The van der Waals surface area contributed by atoms with Crippen molar-refractivity contribution in [1.29, 1.82) is 0 Å². The molecule has 2 heterocycles. The predicted octanol–water partition coefficient (Wildman–Crippen LogP) is 3.90. The van der Waals surface area contributed by atoms with Gasteiger partial charge in [0.05, 0.1) is 13.2 Å². The summed E-state index contributed by atoms with van der Waals surface area (Å²) in [7, 11) is 1.64. The van der Waals surface area contributed by atoms with E-state index in [-0.39, 0.29) is 24.3 Å². The number of carbonyl (C=O) groups is 2. The van der Waals surface area contributed by atoms with Crippen molar-refractivity contribution in [2.45, 2.75) is 89.3 Å². The van der Waals surface area contributed by atoms with Gasteiger partial charge in [0.1, 0.15) is 11.3 Å². The van der Waals surface area contributed by atoms with Crippen molar-refractivity contribution < 1.29 is 23.6 Å². The second-order valence-corrected chi connectivity index (χ2v) is 9.95. The number of carbonyl (C=O) groups excluding carboxylic acids is 2. The number of amides is 2. The molecule has 0 radical (unpaired) electrons. The molecule has 1 saturated heterocycles. The Morgan fingerprint density at radius 2 is 2.00 bits per heavy atom. The van der Waals surface area contributed by atoms with Crippen LogP contribution in [0, 0.1) is 0 Å². The van der Waals surface area contributed by atoms with Gasteiger partial charge in [-0.15, -0.1) is 0 Å². The van der Waals surface area contributed by atoms with E-state index in [1.54, 1.807) is 7.11 Å². The zero-order valence-electron chi connectivity index (χ0n) is 21.5. The van der Waals surface area contributed by atoms with Gasteiger partial charge >= 0.3 is 0 Å². The Bertz CT molecular complexity index is 1010. The fourth-order valence-corrected chi connectivity index (χ4v) is 5.28. The summed E-state index contributed by atoms with van der Waals surface area (Å²) in [6.45, 7) is 3.30. The Labute approximate surface area is 212 Å². The molecule has 1 saturated carbocycles. The number of aryl methyl sites for hydroxylation is 1. The van der Waals surface area contributed by atoms with Crippen LogP contribution < -0.4 is 10.1 Å². The van der Waals surface area contributed by atoms with Crippen molar-refractivity contribution >= 4 is 11.8 Å². The third-order valence-corrected chi connectivity index (χ3v) is 7.13. The summed E-state index contributed by atoms with van der Waals surface area (Å²) in [6.07, 6.45) is 8.50. The van der Waals surface area contributed by atoms with Gasteiger partial charge in [-0.25, -0.2) is 0 Å². The van der Waals surface area contributed by atoms with Crippen LogP contribution in [0.3, 0.4) is 0 Å². The minimum atomic E-state index is -0.591. The standard InChI is InChI=1S/C27H38N4O5/c1-20(32)29-27(14-5-3-4-6-15-27)26-28-24(36-30-26)12-13-25(33)31(19-23-11-8-16-35-23)18-21-9-7-10-22(17-21)34-2/h7,9-10,17,23H,3-6,8,11-16,18-19H2,1-2H3,(H,29,32). The maximum atomic E-state index is 13.3. The van der Waals surface area contributed by atoms with Crippen LogP contribution in [0.25, 0.3) is 0 Å². The van der Waals surface area contributed by atoms with E-state index >= 15 is 0 Å². The fraction of sp³-hybridized carbons (Fsp3) is 0.630. The lowest BCUT2D eigenvalue weighted by Crippen LogP contribution is -2.45. The smallest absolute Gasteiger partial charge is 0.227 e. The van der Waals surface area contributed by atoms with E-state index in [9.17, 15) is 9.59 Å². The summed E-state index contributed by atoms with van der Waals surface area (Å²) >= 11 is 0. The van der Waals surface area contributed by atoms with Crippen LogP contribution in [-0.2, 0) is 32.8 Å². The molecule has 1 aromatic heterocycles. The monoisotopic (exact) mass is 498 g/mol. The first kappa shape index (κ1) is 26.1. The summed E-state index contributed by atoms with van der Waals surface area (Å²) in [4.78, 5) is 31.8. The summed E-state index contributed by atoms with van der Waals surface area (Å²) in [6, 6.07) is 7.78. The SMILES string of the molecule is COc1cccc(CN(CC2CCCO2)C(=O)CCc2nc(C3(NC(C)=O)CCCCCC3)no2)c1. The molecule has 1 aliphatic heterocycles. The molecule has 2 aromatic rings. The van der Waals surface area contributed by atoms with Gasteiger partial charge in [0.2, 0.25) is 17.7 Å². The Morgan fingerprint density at radius 1 is 1.19 bits per heavy atom. The average molecular weight is 499 g/mol. The van der Waals surface area contributed by atoms with Gasteiger partial charge in [0, 0.05) is 39.5 Å². The average Bonchev–Trinajstić information content (AvgIpc) is 3.51. The molecule has 2 fully saturated rings. The Morgan fingerprint density at radius 3 is 2.69 bits per heavy atom. The van der Waals surface area contributed by atoms with Crippen LogP contribution in [-0.4, -0.2) is 53.2 Å². The summed E-state index contributed by atoms with van der Waals surface area (Å²) < 4.78 is 16.7. The molecule has 1 aliphatic carbocycles. The quantitative estimate of drug-likeness (QED) is 0.495. The van der Waals surface area contributed by atoms with E-state index in [2.05, 4.69) is 15.5 Å². The third-order valence-electron chi connectivity index (χ3n) is 7.13. The minimum absolute atomic E-state index is 0.0131. The number of nitrogens with one attached hydrogen (secondary N) is 1. The van der Waals surface area contributed by atoms with E-state index in [0.717, 1.165) is 69.3 Å². The molecular weight excluding hydrogens is 460 g/mol. The summed E-state index contributed by atoms with van der Waals surface area (Å²) in [5, 5.41) is 7.34. The van der Waals surface area contributed by atoms with Crippen molar-refractivity contribution in [2.75, 3.05) is 20.3 Å². The van der Waals surface area contributed by atoms with Gasteiger partial charge in [0.15, 0.2) is 5.82 Å². The normalized spacial score (nSPS) is 19.4. The molecule has 0 bridgehead atoms. The van der Waals surface area contributed by atoms with Crippen molar-refractivity contribution in [3.8, 4) is 5.75 Å². The number of rotatable bonds is 10. The highest BCUT2D eigenvalue weighted by Crippen LogP contribution is 2.34. The zero-order chi connectivity index (χ0) is 25.4. The van der Waals surface area contributed by atoms with Crippen LogP contribution in [0.2, 0.25) is 0 Å². The van der Waals surface area contributed by atoms with Crippen LogP contribution in [0.15, 0.2) is 28.8 Å². The van der Waals surface area contributed by atoms with E-state index in [0.29, 0.717) is 31.2 Å². The minimum Gasteiger partial charge on any atom is -0.497 e. The van der Waals surface area contributed by atoms with Gasteiger partial charge in [-0.3, -0.25) is 9.59 Å². The van der Waals surface area contributed by atoms with Crippen molar-refractivity contribution in [2.24, 2.45) is 0 Å². The topological polar surface area (TPSA) is 107 Å². The summed E-state index contributed by atoms with van der Waals surface area (Å²) in [5.74, 6) is 1.63. The van der Waals surface area contributed by atoms with Crippen LogP contribution in [0.5, 0.6) is 5.75 Å². The first-order valence-electron chi connectivity index (χ1n) is 13.1. The second kappa shape index (κ2) is 12.3. The highest BCUT2D eigenvalue weighted by atomic mass is 16.5. The Hall–Kier alpha value is -2.94. The first-order valence-corrected chi connectivity index (χ1v) is 13.1. The third kappa shape index (κ3) is 6.84. The maximum Gasteiger partial charge on any atom is 0.227 e. The van der Waals surface area contributed by atoms with Crippen molar-refractivity contribution in [1.82, 2.24) is 20.4 Å². The molecule has 36 heavy (non-hydrogen) atoms. The number of nitrogens with zero attached hydrogens (tertiary/aromatic N) is 3. The number of hydrogen-bond donors (Lipinski definition) is 1. The second-order valence-electron chi connectivity index (χ2n) is 9.95. The number of hydrogen-bond acceptors (Lipinski definition) is 7. The number of benzene rings is 1. The molecular formula is C27H38N4O5. The Kier molecular flexibility index (Phi) is 8.96. The lowest BCUT2D eigenvalue weighted by Gasteiger charge is -2.30. The molecule has 1 aromatic carbocycles. The molecule has 2 amide bonds. The fourth-order valence-electron chi connectivity index (χ4n) is 5.28. The molecule has 1 atom stereocenters. The van der Waals surface area contributed by atoms with Crippen LogP contribution in [0.4, 0.5) is 0 Å². The molecule has 196 valence electrons. The zero-order valence-corrected chi connectivity index (χ0v) is 21.5. The highest BCUT2D eigenvalue weighted by Gasteiger charge is 2.38. The number of methoxy groups -OCH3 is 1. The lowest BCUT2D eigenvalue weighted by atomic mass is 9.89. The molecule has 2 aliphatic rings. The molecule has 1 unspecified atom stereocenters. The molecule has 1 N–H and O–H groups in total. The maximum absolute atomic E-state index is 13.3. The molecule has 0 spiro atoms. The van der Waals surface area contributed by atoms with Crippen molar-refractivity contribution in [3.63, 3.8) is 0 Å². The van der Waals surface area contributed by atoms with E-state index in [4.69, 9.17) is 14.0 Å². The van der Waals surface area contributed by atoms with Crippen molar-refractivity contribution in [3.05, 3.63) is 41.5 Å².